The highest BCUT2D eigenvalue weighted by molar-refractivity contribution is 5.79. The Kier molecular flexibility index (Phi) is 5.02. The van der Waals surface area contributed by atoms with Gasteiger partial charge >= 0.3 is 11.8 Å². The second-order valence-corrected chi connectivity index (χ2v) is 7.82. The number of rotatable bonds is 6. The number of hydrogen-bond donors (Lipinski definition) is 0. The molecule has 0 bridgehead atoms. The summed E-state index contributed by atoms with van der Waals surface area (Å²) in [6.45, 7) is 13.1. The van der Waals surface area contributed by atoms with Gasteiger partial charge in [0.15, 0.2) is 0 Å². The Morgan fingerprint density at radius 2 is 1.58 bits per heavy atom. The lowest BCUT2D eigenvalue weighted by Crippen LogP contribution is -2.30. The van der Waals surface area contributed by atoms with Gasteiger partial charge in [0.1, 0.15) is 0 Å². The molecular formula is C15H28O4. The summed E-state index contributed by atoms with van der Waals surface area (Å²) in [7, 11) is 0. The van der Waals surface area contributed by atoms with E-state index in [1.54, 1.807) is 0 Å². The maximum Gasteiger partial charge on any atom is 0.372 e. The van der Waals surface area contributed by atoms with Gasteiger partial charge in [0.05, 0.1) is 6.61 Å². The first kappa shape index (κ1) is 16.4. The first-order chi connectivity index (χ1) is 8.54. The largest absolute Gasteiger partial charge is 0.461 e. The molecule has 1 rings (SSSR count). The van der Waals surface area contributed by atoms with Gasteiger partial charge in [-0.15, -0.1) is 0 Å². The Bertz CT molecular complexity index is 305. The van der Waals surface area contributed by atoms with Crippen molar-refractivity contribution < 1.29 is 19.3 Å². The van der Waals surface area contributed by atoms with Crippen LogP contribution in [0.4, 0.5) is 0 Å². The number of esters is 1. The molecule has 0 unspecified atom stereocenters. The van der Waals surface area contributed by atoms with Crippen molar-refractivity contribution in [1.29, 1.82) is 0 Å². The maximum absolute atomic E-state index is 11.9. The van der Waals surface area contributed by atoms with Gasteiger partial charge in [0.25, 0.3) is 0 Å². The summed E-state index contributed by atoms with van der Waals surface area (Å²) in [5.41, 5.74) is 0.281. The number of hydrogen-bond acceptors (Lipinski definition) is 4. The number of carbonyl (C=O) groups is 1. The summed E-state index contributed by atoms with van der Waals surface area (Å²) in [6, 6.07) is 0. The van der Waals surface area contributed by atoms with Crippen LogP contribution in [0.5, 0.6) is 0 Å². The van der Waals surface area contributed by atoms with Crippen LogP contribution < -0.4 is 0 Å². The third kappa shape index (κ3) is 6.39. The topological polar surface area (TPSA) is 51.4 Å². The summed E-state index contributed by atoms with van der Waals surface area (Å²) >= 11 is 0. The van der Waals surface area contributed by atoms with Gasteiger partial charge < -0.3 is 4.74 Å². The lowest BCUT2D eigenvalue weighted by atomic mass is 9.89. The molecule has 0 spiro atoms. The molecule has 112 valence electrons. The Morgan fingerprint density at radius 1 is 1.00 bits per heavy atom. The van der Waals surface area contributed by atoms with Crippen molar-refractivity contribution in [3.63, 3.8) is 0 Å². The van der Waals surface area contributed by atoms with Gasteiger partial charge in [0, 0.05) is 6.42 Å². The standard InChI is InChI=1S/C15H28O4/c1-13(2,3)9-7-8-10-15(18-19-15)12(16)17-11-14(4,5)6/h7-11H2,1-6H3. The molecule has 0 saturated carbocycles. The molecule has 1 fully saturated rings. The van der Waals surface area contributed by atoms with Crippen LogP contribution in [-0.2, 0) is 19.3 Å². The van der Waals surface area contributed by atoms with Crippen molar-refractivity contribution in [2.45, 2.75) is 73.0 Å². The summed E-state index contributed by atoms with van der Waals surface area (Å²) in [4.78, 5) is 21.7. The van der Waals surface area contributed by atoms with Gasteiger partial charge in [-0.3, -0.25) is 0 Å². The van der Waals surface area contributed by atoms with E-state index in [4.69, 9.17) is 14.5 Å². The third-order valence-electron chi connectivity index (χ3n) is 2.91. The molecule has 1 aliphatic heterocycles. The Balaban J connectivity index is 2.27. The highest BCUT2D eigenvalue weighted by atomic mass is 17.4. The molecule has 0 radical (unpaired) electrons. The Hall–Kier alpha value is -0.610. The number of unbranched alkanes of at least 4 members (excludes halogenated alkanes) is 1. The predicted octanol–water partition coefficient (Wildman–Crippen LogP) is 3.84. The molecule has 0 atom stereocenters. The molecule has 4 nitrogen and oxygen atoms in total. The molecule has 4 heteroatoms. The monoisotopic (exact) mass is 272 g/mol. The number of ether oxygens (including phenoxy) is 1. The van der Waals surface area contributed by atoms with Crippen molar-refractivity contribution in [2.75, 3.05) is 6.61 Å². The average Bonchev–Trinajstić information content (AvgIpc) is 3.00. The zero-order valence-electron chi connectivity index (χ0n) is 13.2. The molecule has 1 saturated heterocycles. The second-order valence-electron chi connectivity index (χ2n) is 7.82. The molecular weight excluding hydrogens is 244 g/mol. The van der Waals surface area contributed by atoms with Crippen molar-refractivity contribution in [3.8, 4) is 0 Å². The van der Waals surface area contributed by atoms with Gasteiger partial charge in [0.2, 0.25) is 0 Å². The Labute approximate surface area is 116 Å². The highest BCUT2D eigenvalue weighted by Gasteiger charge is 2.57. The summed E-state index contributed by atoms with van der Waals surface area (Å²) in [6.07, 6.45) is 3.67. The number of carbonyl (C=O) groups excluding carboxylic acids is 1. The molecule has 0 N–H and O–H groups in total. The van der Waals surface area contributed by atoms with E-state index in [2.05, 4.69) is 20.8 Å². The molecule has 0 aromatic rings. The molecule has 0 aromatic heterocycles. The third-order valence-corrected chi connectivity index (χ3v) is 2.91. The Morgan fingerprint density at radius 3 is 2.00 bits per heavy atom. The molecule has 1 heterocycles. The van der Waals surface area contributed by atoms with Gasteiger partial charge in [-0.25, -0.2) is 4.79 Å². The molecule has 0 aliphatic carbocycles. The summed E-state index contributed by atoms with van der Waals surface area (Å²) in [5, 5.41) is 0. The van der Waals surface area contributed by atoms with Crippen LogP contribution in [0, 0.1) is 10.8 Å². The van der Waals surface area contributed by atoms with Gasteiger partial charge in [-0.2, -0.15) is 9.78 Å². The van der Waals surface area contributed by atoms with Crippen molar-refractivity contribution >= 4 is 5.97 Å². The van der Waals surface area contributed by atoms with Crippen molar-refractivity contribution in [2.24, 2.45) is 10.8 Å². The van der Waals surface area contributed by atoms with E-state index < -0.39 is 11.8 Å². The van der Waals surface area contributed by atoms with E-state index in [9.17, 15) is 4.79 Å². The highest BCUT2D eigenvalue weighted by Crippen LogP contribution is 2.37. The fourth-order valence-electron chi connectivity index (χ4n) is 1.71. The SMILES string of the molecule is CC(C)(C)CCCCC1(C(=O)OCC(C)(C)C)OO1. The lowest BCUT2D eigenvalue weighted by Gasteiger charge is -2.19. The van der Waals surface area contributed by atoms with Crippen LogP contribution in [0.2, 0.25) is 0 Å². The fraction of sp³-hybridized carbons (Fsp3) is 0.933. The predicted molar refractivity (Wildman–Crippen MR) is 73.2 cm³/mol. The minimum absolute atomic E-state index is 0.0437. The summed E-state index contributed by atoms with van der Waals surface area (Å²) < 4.78 is 5.24. The minimum atomic E-state index is -1.11. The van der Waals surface area contributed by atoms with E-state index in [0.717, 1.165) is 19.3 Å². The van der Waals surface area contributed by atoms with Gasteiger partial charge in [-0.1, -0.05) is 48.0 Å². The van der Waals surface area contributed by atoms with Crippen LogP contribution in [0.25, 0.3) is 0 Å². The van der Waals surface area contributed by atoms with E-state index >= 15 is 0 Å². The van der Waals surface area contributed by atoms with Crippen LogP contribution >= 0.6 is 0 Å². The minimum Gasteiger partial charge on any atom is -0.461 e. The van der Waals surface area contributed by atoms with E-state index in [-0.39, 0.29) is 5.41 Å². The van der Waals surface area contributed by atoms with Gasteiger partial charge in [-0.05, 0) is 23.7 Å². The van der Waals surface area contributed by atoms with Crippen LogP contribution in [-0.4, -0.2) is 18.4 Å². The smallest absolute Gasteiger partial charge is 0.372 e. The van der Waals surface area contributed by atoms with Crippen LogP contribution in [0.15, 0.2) is 0 Å². The average molecular weight is 272 g/mol. The first-order valence-electron chi connectivity index (χ1n) is 7.08. The molecule has 1 aliphatic rings. The second kappa shape index (κ2) is 5.80. The zero-order chi connectivity index (χ0) is 14.7. The van der Waals surface area contributed by atoms with Crippen LogP contribution in [0.1, 0.15) is 67.2 Å². The lowest BCUT2D eigenvalue weighted by molar-refractivity contribution is -0.154. The normalized spacial score (nSPS) is 18.2. The maximum atomic E-state index is 11.9. The first-order valence-corrected chi connectivity index (χ1v) is 7.08. The zero-order valence-corrected chi connectivity index (χ0v) is 13.2. The molecule has 19 heavy (non-hydrogen) atoms. The fourth-order valence-corrected chi connectivity index (χ4v) is 1.71. The van der Waals surface area contributed by atoms with E-state index in [1.807, 2.05) is 20.8 Å². The van der Waals surface area contributed by atoms with Crippen LogP contribution in [0.3, 0.4) is 0 Å². The molecule has 0 amide bonds. The molecule has 0 aromatic carbocycles. The van der Waals surface area contributed by atoms with Crippen molar-refractivity contribution in [1.82, 2.24) is 0 Å². The van der Waals surface area contributed by atoms with E-state index in [0.29, 0.717) is 18.4 Å². The van der Waals surface area contributed by atoms with E-state index in [1.165, 1.54) is 0 Å². The summed E-state index contributed by atoms with van der Waals surface area (Å²) in [5.74, 6) is -1.50. The van der Waals surface area contributed by atoms with Crippen molar-refractivity contribution in [3.05, 3.63) is 0 Å². The quantitative estimate of drug-likeness (QED) is 0.319.